The Bertz CT molecular complexity index is 1270. The van der Waals surface area contributed by atoms with E-state index in [1.54, 1.807) is 0 Å². The molecule has 1 fully saturated rings. The summed E-state index contributed by atoms with van der Waals surface area (Å²) < 4.78 is 5.74. The molecule has 2 aromatic heterocycles. The van der Waals surface area contributed by atoms with Crippen molar-refractivity contribution in [1.82, 2.24) is 20.6 Å². The quantitative estimate of drug-likeness (QED) is 0.278. The van der Waals surface area contributed by atoms with Gasteiger partial charge in [-0.05, 0) is 49.7 Å². The van der Waals surface area contributed by atoms with Crippen LogP contribution < -0.4 is 10.6 Å². The Hall–Kier alpha value is -3.62. The predicted molar refractivity (Wildman–Crippen MR) is 144 cm³/mol. The fourth-order valence-electron chi connectivity index (χ4n) is 5.37. The maximum absolute atomic E-state index is 13.6. The van der Waals surface area contributed by atoms with Crippen molar-refractivity contribution in [3.05, 3.63) is 53.4 Å². The average Bonchev–Trinajstić information content (AvgIpc) is 3.47. The van der Waals surface area contributed by atoms with Crippen molar-refractivity contribution in [2.45, 2.75) is 84.2 Å². The molecule has 0 radical (unpaired) electrons. The highest BCUT2D eigenvalue weighted by atomic mass is 16.4. The minimum Gasteiger partial charge on any atom is -0.476 e. The third-order valence-electron chi connectivity index (χ3n) is 7.29. The largest absolute Gasteiger partial charge is 0.476 e. The number of carboxylic acid groups (broad SMARTS) is 1. The van der Waals surface area contributed by atoms with Crippen LogP contribution in [0.25, 0.3) is 10.9 Å². The number of fused-ring (bicyclic) bond motifs is 1. The summed E-state index contributed by atoms with van der Waals surface area (Å²) in [6.07, 6.45) is 8.74. The highest BCUT2D eigenvalue weighted by Gasteiger charge is 2.30. The van der Waals surface area contributed by atoms with Gasteiger partial charge in [0.05, 0.1) is 0 Å². The Balaban J connectivity index is 1.56. The number of carboxylic acids is 1. The fourth-order valence-corrected chi connectivity index (χ4v) is 5.37. The van der Waals surface area contributed by atoms with Crippen molar-refractivity contribution in [2.75, 3.05) is 0 Å². The molecule has 0 aliphatic heterocycles. The molecule has 204 valence electrons. The molecule has 1 unspecified atom stereocenters. The number of hydrogen-bond acceptors (Lipinski definition) is 5. The molecule has 0 bridgehead atoms. The van der Waals surface area contributed by atoms with Crippen LogP contribution in [0.3, 0.4) is 0 Å². The van der Waals surface area contributed by atoms with Crippen LogP contribution in [-0.4, -0.2) is 38.9 Å². The lowest BCUT2D eigenvalue weighted by atomic mass is 9.86. The number of aromatic amines is 1. The van der Waals surface area contributed by atoms with E-state index >= 15 is 0 Å². The molecule has 2 amide bonds. The molecule has 0 spiro atoms. The van der Waals surface area contributed by atoms with E-state index in [9.17, 15) is 19.5 Å². The molecule has 4 N–H and O–H groups in total. The number of aryl methyl sites for hydroxylation is 1. The van der Waals surface area contributed by atoms with Gasteiger partial charge >= 0.3 is 5.97 Å². The van der Waals surface area contributed by atoms with E-state index < -0.39 is 18.1 Å². The van der Waals surface area contributed by atoms with Crippen molar-refractivity contribution >= 4 is 28.7 Å². The molecule has 1 aromatic carbocycles. The topological polar surface area (TPSA) is 137 Å². The number of aromatic carboxylic acids is 1. The van der Waals surface area contributed by atoms with Gasteiger partial charge in [-0.1, -0.05) is 51.3 Å². The van der Waals surface area contributed by atoms with Crippen LogP contribution in [0.2, 0.25) is 0 Å². The zero-order chi connectivity index (χ0) is 27.2. The first-order valence-corrected chi connectivity index (χ1v) is 13.6. The van der Waals surface area contributed by atoms with Crippen LogP contribution in [0.4, 0.5) is 0 Å². The Morgan fingerprint density at radius 3 is 2.55 bits per heavy atom. The minimum absolute atomic E-state index is 0.106. The van der Waals surface area contributed by atoms with E-state index in [2.05, 4.69) is 20.6 Å². The molecule has 3 aromatic rings. The van der Waals surface area contributed by atoms with Gasteiger partial charge in [-0.25, -0.2) is 9.78 Å². The van der Waals surface area contributed by atoms with Gasteiger partial charge in [0, 0.05) is 29.9 Å². The summed E-state index contributed by atoms with van der Waals surface area (Å²) in [4.78, 5) is 45.5. The van der Waals surface area contributed by atoms with E-state index in [1.807, 2.05) is 44.3 Å². The highest BCUT2D eigenvalue weighted by Crippen LogP contribution is 2.27. The molecule has 2 heterocycles. The fraction of sp³-hybridized carbons (Fsp3) is 0.517. The summed E-state index contributed by atoms with van der Waals surface area (Å²) in [5.74, 6) is -0.802. The number of hydrogen-bond donors (Lipinski definition) is 4. The summed E-state index contributed by atoms with van der Waals surface area (Å²) >= 11 is 0. The molecule has 2 atom stereocenters. The number of carbonyl (C=O) groups is 3. The zero-order valence-electron chi connectivity index (χ0n) is 22.4. The summed E-state index contributed by atoms with van der Waals surface area (Å²) in [5.41, 5.74) is 1.70. The molecule has 38 heavy (non-hydrogen) atoms. The van der Waals surface area contributed by atoms with E-state index in [4.69, 9.17) is 4.42 Å². The van der Waals surface area contributed by atoms with Gasteiger partial charge in [-0.3, -0.25) is 9.59 Å². The number of benzene rings is 1. The third kappa shape index (κ3) is 6.82. The highest BCUT2D eigenvalue weighted by molar-refractivity contribution is 5.88. The van der Waals surface area contributed by atoms with Gasteiger partial charge in [0.15, 0.2) is 5.69 Å². The van der Waals surface area contributed by atoms with Gasteiger partial charge in [0.1, 0.15) is 17.8 Å². The number of oxazole rings is 1. The molecule has 1 aliphatic carbocycles. The second kappa shape index (κ2) is 12.3. The van der Waals surface area contributed by atoms with Crippen molar-refractivity contribution in [3.8, 4) is 0 Å². The minimum atomic E-state index is -1.19. The molecular formula is C29H38N4O5. The monoisotopic (exact) mass is 522 g/mol. The molecule has 1 saturated carbocycles. The Labute approximate surface area is 222 Å². The standard InChI is InChI=1S/C29H38N4O5/c1-17(2)13-23(31-25(34)14-19-9-5-4-6-10-19)27(35)32-24(28-33-26(29(36)37)18(3)38-28)15-20-16-30-22-12-8-7-11-21(20)22/h7-8,11-12,16-17,19,23-24,30H,4-6,9-10,13-15H2,1-3H3,(H,31,34)(H,32,35)(H,36,37)/t23?,24-/m1/s1. The second-order valence-electron chi connectivity index (χ2n) is 10.8. The summed E-state index contributed by atoms with van der Waals surface area (Å²) in [6, 6.07) is 6.38. The van der Waals surface area contributed by atoms with Crippen LogP contribution in [-0.2, 0) is 16.0 Å². The van der Waals surface area contributed by atoms with Gasteiger partial charge in [-0.15, -0.1) is 0 Å². The predicted octanol–water partition coefficient (Wildman–Crippen LogP) is 5.06. The van der Waals surface area contributed by atoms with Crippen LogP contribution in [0.5, 0.6) is 0 Å². The summed E-state index contributed by atoms with van der Waals surface area (Å²) in [6.45, 7) is 5.55. The number of aromatic nitrogens is 2. The van der Waals surface area contributed by atoms with Gasteiger partial charge < -0.3 is 25.1 Å². The lowest BCUT2D eigenvalue weighted by molar-refractivity contribution is -0.130. The van der Waals surface area contributed by atoms with Crippen LogP contribution in [0, 0.1) is 18.8 Å². The Kier molecular flexibility index (Phi) is 8.86. The van der Waals surface area contributed by atoms with E-state index in [-0.39, 0.29) is 35.1 Å². The number of rotatable bonds is 11. The van der Waals surface area contributed by atoms with Crippen LogP contribution >= 0.6 is 0 Å². The first-order valence-electron chi connectivity index (χ1n) is 13.6. The first kappa shape index (κ1) is 27.4. The third-order valence-corrected chi connectivity index (χ3v) is 7.29. The first-order chi connectivity index (χ1) is 18.2. The van der Waals surface area contributed by atoms with E-state index in [0.29, 0.717) is 25.2 Å². The molecule has 9 heteroatoms. The number of amides is 2. The smallest absolute Gasteiger partial charge is 0.358 e. The molecule has 4 rings (SSSR count). The number of nitrogens with zero attached hydrogens (tertiary/aromatic N) is 1. The van der Waals surface area contributed by atoms with Crippen LogP contribution in [0.15, 0.2) is 34.9 Å². The zero-order valence-corrected chi connectivity index (χ0v) is 22.4. The van der Waals surface area contributed by atoms with Crippen molar-refractivity contribution in [1.29, 1.82) is 0 Å². The Morgan fingerprint density at radius 2 is 1.87 bits per heavy atom. The SMILES string of the molecule is Cc1oc([C@@H](Cc2c[nH]c3ccccc23)NC(=O)C(CC(C)C)NC(=O)CC2CCCCC2)nc1C(=O)O. The Morgan fingerprint density at radius 1 is 1.13 bits per heavy atom. The number of H-pyrrole nitrogens is 1. The van der Waals surface area contributed by atoms with Gasteiger partial charge in [0.2, 0.25) is 17.7 Å². The van der Waals surface area contributed by atoms with E-state index in [1.165, 1.54) is 13.3 Å². The lowest BCUT2D eigenvalue weighted by Gasteiger charge is -2.25. The normalized spacial score (nSPS) is 15.9. The second-order valence-corrected chi connectivity index (χ2v) is 10.8. The molecule has 0 saturated heterocycles. The molecular weight excluding hydrogens is 484 g/mol. The summed E-state index contributed by atoms with van der Waals surface area (Å²) in [7, 11) is 0. The molecule has 9 nitrogen and oxygen atoms in total. The maximum atomic E-state index is 13.6. The van der Waals surface area contributed by atoms with Crippen molar-refractivity contribution in [2.24, 2.45) is 11.8 Å². The number of carbonyl (C=O) groups excluding carboxylic acids is 2. The maximum Gasteiger partial charge on any atom is 0.358 e. The van der Waals surface area contributed by atoms with Crippen molar-refractivity contribution < 1.29 is 23.9 Å². The van der Waals surface area contributed by atoms with Crippen LogP contribution in [0.1, 0.15) is 92.5 Å². The number of nitrogens with one attached hydrogen (secondary N) is 3. The van der Waals surface area contributed by atoms with Gasteiger partial charge in [-0.2, -0.15) is 0 Å². The van der Waals surface area contributed by atoms with E-state index in [0.717, 1.165) is 42.1 Å². The average molecular weight is 523 g/mol. The molecule has 1 aliphatic rings. The lowest BCUT2D eigenvalue weighted by Crippen LogP contribution is -2.49. The van der Waals surface area contributed by atoms with Crippen molar-refractivity contribution in [3.63, 3.8) is 0 Å². The van der Waals surface area contributed by atoms with Gasteiger partial charge in [0.25, 0.3) is 0 Å². The summed E-state index contributed by atoms with van der Waals surface area (Å²) in [5, 5.41) is 16.5. The number of para-hydroxylation sites is 1.